The number of hydrogen-bond donors (Lipinski definition) is 1. The van der Waals surface area contributed by atoms with E-state index in [9.17, 15) is 0 Å². The van der Waals surface area contributed by atoms with Crippen LogP contribution in [-0.4, -0.2) is 4.57 Å². The first-order chi connectivity index (χ1) is 25.8. The first kappa shape index (κ1) is 32.3. The number of aromatic nitrogens is 1. The van der Waals surface area contributed by atoms with Crippen LogP contribution in [0, 0.1) is 0 Å². The molecule has 0 radical (unpaired) electrons. The van der Waals surface area contributed by atoms with Crippen molar-refractivity contribution >= 4 is 55.3 Å². The third-order valence-electron chi connectivity index (χ3n) is 10.5. The largest absolute Gasteiger partial charge is 0.398 e. The summed E-state index contributed by atoms with van der Waals surface area (Å²) in [7, 11) is 0. The van der Waals surface area contributed by atoms with E-state index in [1.54, 1.807) is 0 Å². The van der Waals surface area contributed by atoms with Gasteiger partial charge >= 0.3 is 0 Å². The molecule has 2 N–H and O–H groups in total. The van der Waals surface area contributed by atoms with Crippen molar-refractivity contribution in [2.45, 2.75) is 26.2 Å². The molecule has 0 aliphatic heterocycles. The molecule has 3 nitrogen and oxygen atoms in total. The van der Waals surface area contributed by atoms with Crippen LogP contribution in [0.4, 0.5) is 22.7 Å². The Hall–Kier alpha value is -6.58. The summed E-state index contributed by atoms with van der Waals surface area (Å²) in [6, 6.07) is 65.5. The van der Waals surface area contributed by atoms with Gasteiger partial charge in [-0.1, -0.05) is 142 Å². The van der Waals surface area contributed by atoms with Crippen molar-refractivity contribution in [3.63, 3.8) is 0 Å². The van der Waals surface area contributed by atoms with Gasteiger partial charge in [0, 0.05) is 39.2 Å². The zero-order valence-corrected chi connectivity index (χ0v) is 30.3. The first-order valence-electron chi connectivity index (χ1n) is 18.3. The summed E-state index contributed by atoms with van der Waals surface area (Å²) in [6.07, 6.45) is 0. The van der Waals surface area contributed by atoms with Gasteiger partial charge in [-0.05, 0) is 105 Å². The Kier molecular flexibility index (Phi) is 7.86. The summed E-state index contributed by atoms with van der Waals surface area (Å²) >= 11 is 0. The third kappa shape index (κ3) is 5.71. The van der Waals surface area contributed by atoms with E-state index in [4.69, 9.17) is 5.73 Å². The molecular formula is C50H41N3. The average molecular weight is 684 g/mol. The third-order valence-corrected chi connectivity index (χ3v) is 10.5. The van der Waals surface area contributed by atoms with Crippen molar-refractivity contribution in [1.29, 1.82) is 0 Å². The highest BCUT2D eigenvalue weighted by atomic mass is 15.1. The minimum absolute atomic E-state index is 0.00111. The smallest absolute Gasteiger partial charge is 0.0561 e. The van der Waals surface area contributed by atoms with Crippen molar-refractivity contribution in [1.82, 2.24) is 4.57 Å². The van der Waals surface area contributed by atoms with E-state index in [-0.39, 0.29) is 5.41 Å². The van der Waals surface area contributed by atoms with Crippen molar-refractivity contribution in [2.24, 2.45) is 0 Å². The summed E-state index contributed by atoms with van der Waals surface area (Å²) in [5.74, 6) is 0. The Morgan fingerprint density at radius 3 is 1.81 bits per heavy atom. The summed E-state index contributed by atoms with van der Waals surface area (Å²) in [4.78, 5) is 2.38. The molecule has 0 spiro atoms. The Balaban J connectivity index is 1.21. The number of nitrogen functional groups attached to an aromatic ring is 1. The van der Waals surface area contributed by atoms with Crippen LogP contribution in [0.15, 0.2) is 182 Å². The molecule has 9 rings (SSSR count). The minimum Gasteiger partial charge on any atom is -0.398 e. The first-order valence-corrected chi connectivity index (χ1v) is 18.3. The van der Waals surface area contributed by atoms with Gasteiger partial charge < -0.3 is 15.2 Å². The van der Waals surface area contributed by atoms with E-state index in [2.05, 4.69) is 200 Å². The molecule has 0 aliphatic carbocycles. The van der Waals surface area contributed by atoms with Crippen LogP contribution < -0.4 is 10.6 Å². The van der Waals surface area contributed by atoms with Gasteiger partial charge in [-0.2, -0.15) is 0 Å². The van der Waals surface area contributed by atoms with Crippen LogP contribution in [0.5, 0.6) is 0 Å². The van der Waals surface area contributed by atoms with Crippen LogP contribution in [0.3, 0.4) is 0 Å². The number of nitrogens with two attached hydrogens (primary N) is 1. The lowest BCUT2D eigenvalue weighted by molar-refractivity contribution is 0.590. The topological polar surface area (TPSA) is 34.2 Å². The molecule has 1 aromatic heterocycles. The van der Waals surface area contributed by atoms with E-state index < -0.39 is 0 Å². The quantitative estimate of drug-likeness (QED) is 0.177. The van der Waals surface area contributed by atoms with Crippen LogP contribution in [0.1, 0.15) is 26.3 Å². The van der Waals surface area contributed by atoms with E-state index in [0.29, 0.717) is 0 Å². The maximum atomic E-state index is 6.59. The van der Waals surface area contributed by atoms with Gasteiger partial charge in [0.05, 0.1) is 11.0 Å². The second-order valence-corrected chi connectivity index (χ2v) is 14.9. The molecule has 53 heavy (non-hydrogen) atoms. The number of rotatable bonds is 6. The summed E-state index contributed by atoms with van der Waals surface area (Å²) in [5, 5.41) is 4.74. The Labute approximate surface area is 311 Å². The maximum Gasteiger partial charge on any atom is 0.0561 e. The van der Waals surface area contributed by atoms with Crippen molar-refractivity contribution < 1.29 is 0 Å². The number of anilines is 4. The standard InChI is InChI=1S/C50H41N3/c1-50(2,3)37-18-11-19-39(32-37)52(40-20-12-21-41(33-40)53-46-26-8-7-22-44(46)49-45(51)25-13-27-47(49)53)38-30-28-35(29-31-38)43-24-10-17-36-16-9-23-42(48(36)43)34-14-5-4-6-15-34/h4-33H,51H2,1-3H3. The Bertz CT molecular complexity index is 2760. The van der Waals surface area contributed by atoms with Crippen molar-refractivity contribution in [2.75, 3.05) is 10.6 Å². The van der Waals surface area contributed by atoms with Crippen LogP contribution >= 0.6 is 0 Å². The van der Waals surface area contributed by atoms with E-state index >= 15 is 0 Å². The highest BCUT2D eigenvalue weighted by molar-refractivity contribution is 6.14. The highest BCUT2D eigenvalue weighted by Crippen LogP contribution is 2.42. The fourth-order valence-corrected chi connectivity index (χ4v) is 7.89. The van der Waals surface area contributed by atoms with Gasteiger partial charge in [0.1, 0.15) is 0 Å². The monoisotopic (exact) mass is 683 g/mol. The maximum absolute atomic E-state index is 6.59. The lowest BCUT2D eigenvalue weighted by Gasteiger charge is -2.28. The molecule has 0 aliphatic rings. The van der Waals surface area contributed by atoms with Crippen LogP contribution in [0.2, 0.25) is 0 Å². The molecule has 0 saturated carbocycles. The SMILES string of the molecule is CC(C)(C)c1cccc(N(c2ccc(-c3cccc4cccc(-c5ccccc5)c34)cc2)c2cccc(-n3c4ccccc4c4c(N)cccc43)c2)c1. The van der Waals surface area contributed by atoms with E-state index in [1.807, 2.05) is 12.1 Å². The minimum atomic E-state index is 0.00111. The van der Waals surface area contributed by atoms with Crippen LogP contribution in [0.25, 0.3) is 60.5 Å². The molecule has 256 valence electrons. The molecule has 0 unspecified atom stereocenters. The second kappa shape index (κ2) is 12.9. The molecule has 9 aromatic rings. The molecule has 8 aromatic carbocycles. The zero-order valence-electron chi connectivity index (χ0n) is 30.3. The fraction of sp³-hybridized carbons (Fsp3) is 0.0800. The zero-order chi connectivity index (χ0) is 36.1. The Morgan fingerprint density at radius 1 is 0.472 bits per heavy atom. The number of nitrogens with zero attached hydrogens (tertiary/aromatic N) is 2. The molecule has 0 atom stereocenters. The van der Waals surface area contributed by atoms with Gasteiger partial charge in [0.2, 0.25) is 0 Å². The van der Waals surface area contributed by atoms with Gasteiger partial charge in [-0.25, -0.2) is 0 Å². The van der Waals surface area contributed by atoms with Gasteiger partial charge in [-0.3, -0.25) is 0 Å². The molecule has 3 heteroatoms. The molecule has 0 fully saturated rings. The van der Waals surface area contributed by atoms with Gasteiger partial charge in [0.15, 0.2) is 0 Å². The summed E-state index contributed by atoms with van der Waals surface area (Å²) < 4.78 is 2.34. The predicted octanol–water partition coefficient (Wildman–Crippen LogP) is 13.6. The highest BCUT2D eigenvalue weighted by Gasteiger charge is 2.20. The van der Waals surface area contributed by atoms with Crippen LogP contribution in [-0.2, 0) is 5.41 Å². The van der Waals surface area contributed by atoms with E-state index in [1.165, 1.54) is 38.6 Å². The normalized spacial score (nSPS) is 11.8. The molecule has 0 amide bonds. The Morgan fingerprint density at radius 2 is 1.08 bits per heavy atom. The van der Waals surface area contributed by atoms with E-state index in [0.717, 1.165) is 50.2 Å². The lowest BCUT2D eigenvalue weighted by Crippen LogP contribution is -2.14. The summed E-state index contributed by atoms with van der Waals surface area (Å²) in [6.45, 7) is 6.81. The predicted molar refractivity (Wildman–Crippen MR) is 227 cm³/mol. The van der Waals surface area contributed by atoms with Gasteiger partial charge in [-0.15, -0.1) is 0 Å². The van der Waals surface area contributed by atoms with Crippen molar-refractivity contribution in [3.05, 3.63) is 188 Å². The number of benzene rings is 8. The molecule has 1 heterocycles. The second-order valence-electron chi connectivity index (χ2n) is 14.9. The molecular weight excluding hydrogens is 643 g/mol. The number of fused-ring (bicyclic) bond motifs is 4. The van der Waals surface area contributed by atoms with Gasteiger partial charge in [0.25, 0.3) is 0 Å². The average Bonchev–Trinajstić information content (AvgIpc) is 3.54. The molecule has 0 bridgehead atoms. The summed E-state index contributed by atoms with van der Waals surface area (Å²) in [5.41, 5.74) is 20.1. The van der Waals surface area contributed by atoms with Crippen molar-refractivity contribution in [3.8, 4) is 27.9 Å². The number of hydrogen-bond acceptors (Lipinski definition) is 2. The fourth-order valence-electron chi connectivity index (χ4n) is 7.89. The lowest BCUT2D eigenvalue weighted by atomic mass is 9.87. The molecule has 0 saturated heterocycles. The number of para-hydroxylation sites is 1.